The van der Waals surface area contributed by atoms with Crippen LogP contribution in [-0.4, -0.2) is 19.0 Å². The molecule has 0 radical (unpaired) electrons. The van der Waals surface area contributed by atoms with Gasteiger partial charge in [0.25, 0.3) is 5.91 Å². The molecule has 1 aliphatic rings. The monoisotopic (exact) mass is 399 g/mol. The summed E-state index contributed by atoms with van der Waals surface area (Å²) < 4.78 is 5.76. The standard InChI is InChI=1S/C24H21N3O3/c1-25-16-18-9-7-17(8-10-18)15-22-23(28)27(24(29)26-22)19-11-13-21(14-12-19)30-20-5-3-2-4-6-20/h2-15,25H,16H2,1H3,(H,26,29)/b22-15-. The highest BCUT2D eigenvalue weighted by molar-refractivity contribution is 6.28. The molecule has 3 amide bonds. The molecule has 0 unspecified atom stereocenters. The fraction of sp³-hybridized carbons (Fsp3) is 0.0833. The molecular weight excluding hydrogens is 378 g/mol. The molecule has 0 saturated carbocycles. The molecule has 6 nitrogen and oxygen atoms in total. The molecule has 1 aliphatic heterocycles. The lowest BCUT2D eigenvalue weighted by Gasteiger charge is -2.13. The largest absolute Gasteiger partial charge is 0.457 e. The van der Waals surface area contributed by atoms with E-state index in [0.29, 0.717) is 17.2 Å². The smallest absolute Gasteiger partial charge is 0.333 e. The predicted molar refractivity (Wildman–Crippen MR) is 116 cm³/mol. The maximum Gasteiger partial charge on any atom is 0.333 e. The van der Waals surface area contributed by atoms with E-state index in [-0.39, 0.29) is 5.70 Å². The van der Waals surface area contributed by atoms with Crippen LogP contribution in [0.2, 0.25) is 0 Å². The van der Waals surface area contributed by atoms with Crippen molar-refractivity contribution in [2.45, 2.75) is 6.54 Å². The summed E-state index contributed by atoms with van der Waals surface area (Å²) >= 11 is 0. The van der Waals surface area contributed by atoms with Crippen LogP contribution in [0.15, 0.2) is 84.6 Å². The van der Waals surface area contributed by atoms with Gasteiger partial charge in [-0.25, -0.2) is 9.69 Å². The summed E-state index contributed by atoms with van der Waals surface area (Å²) in [5.74, 6) is 0.941. The Morgan fingerprint density at radius 2 is 1.57 bits per heavy atom. The number of urea groups is 1. The summed E-state index contributed by atoms with van der Waals surface area (Å²) in [6, 6.07) is 23.5. The lowest BCUT2D eigenvalue weighted by atomic mass is 10.1. The van der Waals surface area contributed by atoms with Crippen molar-refractivity contribution in [3.63, 3.8) is 0 Å². The predicted octanol–water partition coefficient (Wildman–Crippen LogP) is 4.30. The first-order valence-corrected chi connectivity index (χ1v) is 9.58. The van der Waals surface area contributed by atoms with Crippen molar-refractivity contribution in [2.75, 3.05) is 11.9 Å². The van der Waals surface area contributed by atoms with Gasteiger partial charge in [-0.1, -0.05) is 42.5 Å². The Morgan fingerprint density at radius 3 is 2.23 bits per heavy atom. The molecule has 4 rings (SSSR count). The van der Waals surface area contributed by atoms with Gasteiger partial charge in [-0.3, -0.25) is 4.79 Å². The molecule has 30 heavy (non-hydrogen) atoms. The number of carbonyl (C=O) groups is 2. The first-order chi connectivity index (χ1) is 14.6. The summed E-state index contributed by atoms with van der Waals surface area (Å²) in [6.07, 6.45) is 1.68. The maximum atomic E-state index is 12.8. The number of ether oxygens (including phenoxy) is 1. The molecule has 1 saturated heterocycles. The molecule has 0 aliphatic carbocycles. The van der Waals surface area contributed by atoms with Crippen molar-refractivity contribution in [1.29, 1.82) is 0 Å². The van der Waals surface area contributed by atoms with E-state index in [1.807, 2.05) is 61.6 Å². The molecule has 0 spiro atoms. The van der Waals surface area contributed by atoms with Crippen LogP contribution in [-0.2, 0) is 11.3 Å². The Bertz CT molecular complexity index is 1070. The number of nitrogens with one attached hydrogen (secondary N) is 2. The van der Waals surface area contributed by atoms with E-state index in [2.05, 4.69) is 10.6 Å². The van der Waals surface area contributed by atoms with E-state index in [0.717, 1.165) is 22.6 Å². The summed E-state index contributed by atoms with van der Waals surface area (Å²) in [5.41, 5.74) is 2.70. The summed E-state index contributed by atoms with van der Waals surface area (Å²) in [6.45, 7) is 0.768. The zero-order valence-corrected chi connectivity index (χ0v) is 16.5. The van der Waals surface area contributed by atoms with Gasteiger partial charge in [0.05, 0.1) is 5.69 Å². The van der Waals surface area contributed by atoms with Crippen LogP contribution in [0.1, 0.15) is 11.1 Å². The molecule has 3 aromatic rings. The van der Waals surface area contributed by atoms with Gasteiger partial charge in [0, 0.05) is 6.54 Å². The van der Waals surface area contributed by atoms with Crippen molar-refractivity contribution >= 4 is 23.7 Å². The number of rotatable bonds is 6. The quantitative estimate of drug-likeness (QED) is 0.479. The minimum Gasteiger partial charge on any atom is -0.457 e. The van der Waals surface area contributed by atoms with Gasteiger partial charge < -0.3 is 15.4 Å². The van der Waals surface area contributed by atoms with Gasteiger partial charge >= 0.3 is 6.03 Å². The van der Waals surface area contributed by atoms with E-state index in [4.69, 9.17) is 4.74 Å². The van der Waals surface area contributed by atoms with Crippen LogP contribution in [0, 0.1) is 0 Å². The van der Waals surface area contributed by atoms with E-state index >= 15 is 0 Å². The van der Waals surface area contributed by atoms with E-state index in [1.54, 1.807) is 30.3 Å². The van der Waals surface area contributed by atoms with Gasteiger partial charge in [-0.15, -0.1) is 0 Å². The third-order valence-corrected chi connectivity index (χ3v) is 4.62. The normalized spacial score (nSPS) is 14.8. The average molecular weight is 399 g/mol. The summed E-state index contributed by atoms with van der Waals surface area (Å²) in [5, 5.41) is 5.74. The first-order valence-electron chi connectivity index (χ1n) is 9.58. The third-order valence-electron chi connectivity index (χ3n) is 4.62. The van der Waals surface area contributed by atoms with E-state index in [1.165, 1.54) is 0 Å². The number of nitrogens with zero attached hydrogens (tertiary/aromatic N) is 1. The van der Waals surface area contributed by atoms with Crippen molar-refractivity contribution in [3.8, 4) is 11.5 Å². The molecule has 2 N–H and O–H groups in total. The number of imide groups is 1. The van der Waals surface area contributed by atoms with Crippen LogP contribution in [0.5, 0.6) is 11.5 Å². The Labute approximate surface area is 174 Å². The van der Waals surface area contributed by atoms with Gasteiger partial charge in [0.15, 0.2) is 0 Å². The second kappa shape index (κ2) is 8.63. The molecule has 1 heterocycles. The van der Waals surface area contributed by atoms with E-state index in [9.17, 15) is 9.59 Å². The zero-order valence-electron chi connectivity index (χ0n) is 16.5. The molecule has 0 atom stereocenters. The number of hydrogen-bond acceptors (Lipinski definition) is 4. The Hall–Kier alpha value is -3.90. The van der Waals surface area contributed by atoms with Crippen molar-refractivity contribution in [3.05, 3.63) is 95.7 Å². The average Bonchev–Trinajstić information content (AvgIpc) is 3.04. The highest BCUT2D eigenvalue weighted by Crippen LogP contribution is 2.27. The molecular formula is C24H21N3O3. The highest BCUT2D eigenvalue weighted by Gasteiger charge is 2.34. The van der Waals surface area contributed by atoms with E-state index < -0.39 is 11.9 Å². The fourth-order valence-corrected chi connectivity index (χ4v) is 3.16. The molecule has 3 aromatic carbocycles. The summed E-state index contributed by atoms with van der Waals surface area (Å²) in [7, 11) is 1.89. The van der Waals surface area contributed by atoms with Gasteiger partial charge in [0.1, 0.15) is 17.2 Å². The number of hydrogen-bond donors (Lipinski definition) is 2. The van der Waals surface area contributed by atoms with Crippen LogP contribution in [0.25, 0.3) is 6.08 Å². The number of benzene rings is 3. The van der Waals surface area contributed by atoms with Gasteiger partial charge in [0.2, 0.25) is 0 Å². The zero-order chi connectivity index (χ0) is 20.9. The molecule has 0 bridgehead atoms. The molecule has 6 heteroatoms. The highest BCUT2D eigenvalue weighted by atomic mass is 16.5. The SMILES string of the molecule is CNCc1ccc(/C=C2\NC(=O)N(c3ccc(Oc4ccccc4)cc3)C2=O)cc1. The maximum absolute atomic E-state index is 12.8. The minimum atomic E-state index is -0.477. The lowest BCUT2D eigenvalue weighted by molar-refractivity contribution is -0.113. The lowest BCUT2D eigenvalue weighted by Crippen LogP contribution is -2.30. The van der Waals surface area contributed by atoms with Crippen LogP contribution >= 0.6 is 0 Å². The molecule has 0 aromatic heterocycles. The Morgan fingerprint density at radius 1 is 0.900 bits per heavy atom. The van der Waals surface area contributed by atoms with Gasteiger partial charge in [-0.2, -0.15) is 0 Å². The number of anilines is 1. The molecule has 150 valence electrons. The van der Waals surface area contributed by atoms with Crippen LogP contribution < -0.4 is 20.3 Å². The van der Waals surface area contributed by atoms with Crippen LogP contribution in [0.4, 0.5) is 10.5 Å². The number of carbonyl (C=O) groups excluding carboxylic acids is 2. The third kappa shape index (κ3) is 4.24. The topological polar surface area (TPSA) is 70.7 Å². The molecule has 1 fully saturated rings. The van der Waals surface area contributed by atoms with Crippen molar-refractivity contribution < 1.29 is 14.3 Å². The second-order valence-corrected chi connectivity index (χ2v) is 6.81. The second-order valence-electron chi connectivity index (χ2n) is 6.81. The minimum absolute atomic E-state index is 0.242. The summed E-state index contributed by atoms with van der Waals surface area (Å²) in [4.78, 5) is 26.3. The van der Waals surface area contributed by atoms with Gasteiger partial charge in [-0.05, 0) is 60.6 Å². The number of para-hydroxylation sites is 1. The van der Waals surface area contributed by atoms with Crippen molar-refractivity contribution in [1.82, 2.24) is 10.6 Å². The Balaban J connectivity index is 1.49. The van der Waals surface area contributed by atoms with Crippen molar-refractivity contribution in [2.24, 2.45) is 0 Å². The fourth-order valence-electron chi connectivity index (χ4n) is 3.16. The van der Waals surface area contributed by atoms with Crippen LogP contribution in [0.3, 0.4) is 0 Å². The number of amides is 3. The Kier molecular flexibility index (Phi) is 5.59. The first kappa shape index (κ1) is 19.4.